The summed E-state index contributed by atoms with van der Waals surface area (Å²) in [6.45, 7) is 0. The van der Waals surface area contributed by atoms with Crippen molar-refractivity contribution in [3.8, 4) is 22.8 Å². The fourth-order valence-electron chi connectivity index (χ4n) is 1.81. The summed E-state index contributed by atoms with van der Waals surface area (Å²) in [5.41, 5.74) is 7.73. The van der Waals surface area contributed by atoms with Crippen LogP contribution in [0.15, 0.2) is 47.0 Å². The fourth-order valence-corrected chi connectivity index (χ4v) is 2.20. The maximum atomic E-state index is 6.11. The quantitative estimate of drug-likeness (QED) is 0.717. The van der Waals surface area contributed by atoms with Gasteiger partial charge in [0.05, 0.1) is 10.6 Å². The molecular formula is C14H9Cl2N3O. The minimum Gasteiger partial charge on any atom is -0.398 e. The first-order chi connectivity index (χ1) is 9.65. The van der Waals surface area contributed by atoms with E-state index in [1.807, 2.05) is 12.1 Å². The second-order valence-electron chi connectivity index (χ2n) is 4.13. The highest BCUT2D eigenvalue weighted by atomic mass is 35.5. The van der Waals surface area contributed by atoms with Crippen molar-refractivity contribution in [2.45, 2.75) is 0 Å². The third-order valence-electron chi connectivity index (χ3n) is 2.79. The van der Waals surface area contributed by atoms with Gasteiger partial charge in [-0.2, -0.15) is 4.98 Å². The lowest BCUT2D eigenvalue weighted by Gasteiger charge is -2.01. The minimum atomic E-state index is 0.290. The normalized spacial score (nSPS) is 10.7. The number of benzene rings is 2. The standard InChI is InChI=1S/C14H9Cl2N3O/c15-9-6-4-8(5-7-9)13-18-14(20-19-13)12-10(16)2-1-3-11(12)17/h1-7H,17H2. The highest BCUT2D eigenvalue weighted by Crippen LogP contribution is 2.33. The Labute approximate surface area is 125 Å². The van der Waals surface area contributed by atoms with Gasteiger partial charge < -0.3 is 10.3 Å². The van der Waals surface area contributed by atoms with Gasteiger partial charge in [-0.3, -0.25) is 0 Å². The Morgan fingerprint density at radius 1 is 1.00 bits per heavy atom. The van der Waals surface area contributed by atoms with Crippen molar-refractivity contribution in [1.29, 1.82) is 0 Å². The van der Waals surface area contributed by atoms with Crippen molar-refractivity contribution >= 4 is 28.9 Å². The number of nitrogens with zero attached hydrogens (tertiary/aromatic N) is 2. The number of aromatic nitrogens is 2. The zero-order chi connectivity index (χ0) is 14.1. The van der Waals surface area contributed by atoms with Gasteiger partial charge >= 0.3 is 0 Å². The van der Waals surface area contributed by atoms with Gasteiger partial charge in [0.1, 0.15) is 0 Å². The summed E-state index contributed by atoms with van der Waals surface area (Å²) in [4.78, 5) is 4.32. The number of rotatable bonds is 2. The van der Waals surface area contributed by atoms with Gasteiger partial charge in [0.25, 0.3) is 5.89 Å². The van der Waals surface area contributed by atoms with E-state index in [0.717, 1.165) is 5.56 Å². The van der Waals surface area contributed by atoms with E-state index in [1.54, 1.807) is 30.3 Å². The van der Waals surface area contributed by atoms with Crippen molar-refractivity contribution in [3.63, 3.8) is 0 Å². The zero-order valence-electron chi connectivity index (χ0n) is 10.2. The van der Waals surface area contributed by atoms with Crippen LogP contribution in [0.5, 0.6) is 0 Å². The summed E-state index contributed by atoms with van der Waals surface area (Å²) in [5.74, 6) is 0.744. The van der Waals surface area contributed by atoms with Crippen LogP contribution in [-0.4, -0.2) is 10.1 Å². The summed E-state index contributed by atoms with van der Waals surface area (Å²) in [6.07, 6.45) is 0. The summed E-state index contributed by atoms with van der Waals surface area (Å²) < 4.78 is 5.24. The van der Waals surface area contributed by atoms with Crippen molar-refractivity contribution in [3.05, 3.63) is 52.5 Å². The highest BCUT2D eigenvalue weighted by molar-refractivity contribution is 6.33. The average Bonchev–Trinajstić information content (AvgIpc) is 2.89. The van der Waals surface area contributed by atoms with Crippen LogP contribution in [0.3, 0.4) is 0 Å². The van der Waals surface area contributed by atoms with Crippen molar-refractivity contribution in [1.82, 2.24) is 10.1 Å². The van der Waals surface area contributed by atoms with Crippen LogP contribution in [0.4, 0.5) is 5.69 Å². The van der Waals surface area contributed by atoms with E-state index >= 15 is 0 Å². The minimum absolute atomic E-state index is 0.290. The van der Waals surface area contributed by atoms with E-state index in [2.05, 4.69) is 10.1 Å². The molecule has 3 aromatic rings. The Morgan fingerprint density at radius 2 is 1.75 bits per heavy atom. The maximum absolute atomic E-state index is 6.11. The molecule has 0 bridgehead atoms. The molecule has 2 N–H and O–H groups in total. The third-order valence-corrected chi connectivity index (χ3v) is 3.36. The van der Waals surface area contributed by atoms with Gasteiger partial charge in [-0.05, 0) is 36.4 Å². The number of nitrogen functional groups attached to an aromatic ring is 1. The van der Waals surface area contributed by atoms with Gasteiger partial charge in [-0.15, -0.1) is 0 Å². The molecule has 0 radical (unpaired) electrons. The lowest BCUT2D eigenvalue weighted by molar-refractivity contribution is 0.432. The molecule has 0 saturated carbocycles. The monoisotopic (exact) mass is 305 g/mol. The second kappa shape index (κ2) is 5.15. The predicted molar refractivity (Wildman–Crippen MR) is 79.6 cm³/mol. The highest BCUT2D eigenvalue weighted by Gasteiger charge is 2.15. The number of hydrogen-bond acceptors (Lipinski definition) is 4. The number of hydrogen-bond donors (Lipinski definition) is 1. The van der Waals surface area contributed by atoms with E-state index < -0.39 is 0 Å². The number of nitrogens with two attached hydrogens (primary N) is 1. The lowest BCUT2D eigenvalue weighted by Crippen LogP contribution is -1.90. The zero-order valence-corrected chi connectivity index (χ0v) is 11.7. The molecule has 0 amide bonds. The summed E-state index contributed by atoms with van der Waals surface area (Å²) in [7, 11) is 0. The van der Waals surface area contributed by atoms with Crippen LogP contribution in [0.2, 0.25) is 10.0 Å². The Bertz CT molecular complexity index is 733. The molecule has 0 aliphatic heterocycles. The van der Waals surface area contributed by atoms with Crippen LogP contribution in [0, 0.1) is 0 Å². The van der Waals surface area contributed by atoms with Gasteiger partial charge in [-0.25, -0.2) is 0 Å². The van der Waals surface area contributed by atoms with Gasteiger partial charge in [0.2, 0.25) is 5.82 Å². The molecule has 0 atom stereocenters. The van der Waals surface area contributed by atoms with E-state index in [4.69, 9.17) is 33.5 Å². The molecule has 0 aliphatic rings. The molecule has 1 aromatic heterocycles. The smallest absolute Gasteiger partial charge is 0.261 e. The summed E-state index contributed by atoms with van der Waals surface area (Å²) >= 11 is 12.0. The molecular weight excluding hydrogens is 297 g/mol. The van der Waals surface area contributed by atoms with E-state index in [9.17, 15) is 0 Å². The number of anilines is 1. The predicted octanol–water partition coefficient (Wildman–Crippen LogP) is 4.29. The molecule has 1 heterocycles. The SMILES string of the molecule is Nc1cccc(Cl)c1-c1nc(-c2ccc(Cl)cc2)no1. The largest absolute Gasteiger partial charge is 0.398 e. The van der Waals surface area contributed by atoms with E-state index in [-0.39, 0.29) is 5.89 Å². The molecule has 0 unspecified atom stereocenters. The molecule has 20 heavy (non-hydrogen) atoms. The van der Waals surface area contributed by atoms with E-state index in [0.29, 0.717) is 27.1 Å². The summed E-state index contributed by atoms with van der Waals surface area (Å²) in [6, 6.07) is 12.4. The Morgan fingerprint density at radius 3 is 2.45 bits per heavy atom. The first kappa shape index (κ1) is 13.0. The first-order valence-electron chi connectivity index (χ1n) is 5.79. The molecule has 4 nitrogen and oxygen atoms in total. The molecule has 0 fully saturated rings. The van der Waals surface area contributed by atoms with Gasteiger partial charge in [0.15, 0.2) is 0 Å². The lowest BCUT2D eigenvalue weighted by atomic mass is 10.2. The van der Waals surface area contributed by atoms with Gasteiger partial charge in [0, 0.05) is 16.3 Å². The Balaban J connectivity index is 2.04. The van der Waals surface area contributed by atoms with Gasteiger partial charge in [-0.1, -0.05) is 34.4 Å². The van der Waals surface area contributed by atoms with Crippen molar-refractivity contribution in [2.24, 2.45) is 0 Å². The molecule has 100 valence electrons. The fraction of sp³-hybridized carbons (Fsp3) is 0. The molecule has 3 rings (SSSR count). The summed E-state index contributed by atoms with van der Waals surface area (Å²) in [5, 5.41) is 5.05. The van der Waals surface area contributed by atoms with Crippen LogP contribution >= 0.6 is 23.2 Å². The third kappa shape index (κ3) is 2.35. The molecule has 2 aromatic carbocycles. The molecule has 0 saturated heterocycles. The van der Waals surface area contributed by atoms with Crippen LogP contribution < -0.4 is 5.73 Å². The average molecular weight is 306 g/mol. The Kier molecular flexibility index (Phi) is 3.34. The topological polar surface area (TPSA) is 64.9 Å². The van der Waals surface area contributed by atoms with Crippen molar-refractivity contribution in [2.75, 3.05) is 5.73 Å². The molecule has 0 spiro atoms. The maximum Gasteiger partial charge on any atom is 0.261 e. The Hall–Kier alpha value is -2.04. The van der Waals surface area contributed by atoms with Crippen LogP contribution in [0.25, 0.3) is 22.8 Å². The first-order valence-corrected chi connectivity index (χ1v) is 6.55. The van der Waals surface area contributed by atoms with Crippen LogP contribution in [0.1, 0.15) is 0 Å². The van der Waals surface area contributed by atoms with E-state index in [1.165, 1.54) is 0 Å². The van der Waals surface area contributed by atoms with Crippen molar-refractivity contribution < 1.29 is 4.52 Å². The number of halogens is 2. The second-order valence-corrected chi connectivity index (χ2v) is 4.98. The molecule has 6 heteroatoms. The molecule has 0 aliphatic carbocycles. The van der Waals surface area contributed by atoms with Crippen LogP contribution in [-0.2, 0) is 0 Å².